The van der Waals surface area contributed by atoms with Crippen LogP contribution in [-0.2, 0) is 20.4 Å². The van der Waals surface area contributed by atoms with Crippen molar-refractivity contribution >= 4 is 47.8 Å². The van der Waals surface area contributed by atoms with E-state index in [1.54, 1.807) is 4.90 Å². The smallest absolute Gasteiger partial charge is 0.422 e. The number of nitrogens with zero attached hydrogens (tertiary/aromatic N) is 4. The minimum Gasteiger partial charge on any atom is -0.468 e. The number of anilines is 1. The molecule has 286 valence electrons. The zero-order valence-electron chi connectivity index (χ0n) is 30.5. The Hall–Kier alpha value is -4.48. The number of hydrogen-bond donors (Lipinski definition) is 0. The summed E-state index contributed by atoms with van der Waals surface area (Å²) in [5.74, 6) is -2.14. The van der Waals surface area contributed by atoms with Crippen LogP contribution in [0.4, 0.5) is 33.5 Å². The first-order valence-corrected chi connectivity index (χ1v) is 19.7. The van der Waals surface area contributed by atoms with Gasteiger partial charge >= 0.3 is 12.2 Å². The quantitative estimate of drug-likeness (QED) is 0.0346. The van der Waals surface area contributed by atoms with E-state index in [-0.39, 0.29) is 57.2 Å². The second kappa shape index (κ2) is 14.7. The highest BCUT2D eigenvalue weighted by Crippen LogP contribution is 2.46. The van der Waals surface area contributed by atoms with E-state index < -0.39 is 72.5 Å². The summed E-state index contributed by atoms with van der Waals surface area (Å²) in [6.45, 7) is 10.8. The Balaban J connectivity index is 1.81. The molecule has 0 aliphatic carbocycles. The van der Waals surface area contributed by atoms with Crippen molar-refractivity contribution in [3.63, 3.8) is 0 Å². The number of alkyl halides is 3. The number of aromatic nitrogens is 2. The van der Waals surface area contributed by atoms with Crippen molar-refractivity contribution in [2.75, 3.05) is 38.5 Å². The number of carbonyl (C=O) groups is 1. The Bertz CT molecular complexity index is 2060. The predicted octanol–water partition coefficient (Wildman–Crippen LogP) is 8.68. The first-order chi connectivity index (χ1) is 24.7. The van der Waals surface area contributed by atoms with E-state index in [0.717, 1.165) is 12.1 Å². The minimum atomic E-state index is -4.79. The molecule has 1 fully saturated rings. The average Bonchev–Trinajstić information content (AvgIpc) is 3.05. The summed E-state index contributed by atoms with van der Waals surface area (Å²) >= 11 is 0. The molecule has 0 saturated carbocycles. The number of hydrogen-bond acceptors (Lipinski definition) is 10. The molecule has 53 heavy (non-hydrogen) atoms. The number of rotatable bonds is 12. The van der Waals surface area contributed by atoms with Gasteiger partial charge in [-0.25, -0.2) is 8.78 Å². The van der Waals surface area contributed by atoms with Gasteiger partial charge in [-0.2, -0.15) is 23.1 Å². The second-order valence-electron chi connectivity index (χ2n) is 14.8. The number of ether oxygens (including phenoxy) is 3. The zero-order chi connectivity index (χ0) is 39.1. The molecule has 5 rings (SSSR count). The van der Waals surface area contributed by atoms with Crippen molar-refractivity contribution in [3.05, 3.63) is 57.6 Å². The molecule has 4 aromatic rings. The molecule has 0 unspecified atom stereocenters. The van der Waals surface area contributed by atoms with Crippen molar-refractivity contribution in [1.29, 1.82) is 0 Å². The summed E-state index contributed by atoms with van der Waals surface area (Å²) in [5.41, 5.74) is -3.14. The van der Waals surface area contributed by atoms with Gasteiger partial charge in [-0.15, -0.1) is 0 Å². The molecule has 1 aromatic heterocycles. The average molecular weight is 765 g/mol. The molecule has 11 nitrogen and oxygen atoms in total. The van der Waals surface area contributed by atoms with E-state index in [4.69, 9.17) is 18.6 Å². The van der Waals surface area contributed by atoms with Gasteiger partial charge in [-0.1, -0.05) is 26.8 Å². The molecule has 3 aromatic carbocycles. The van der Waals surface area contributed by atoms with E-state index in [1.165, 1.54) is 25.3 Å². The van der Waals surface area contributed by atoms with Crippen molar-refractivity contribution in [1.82, 2.24) is 9.97 Å². The fourth-order valence-corrected chi connectivity index (χ4v) is 8.15. The zero-order valence-corrected chi connectivity index (χ0v) is 31.5. The molecule has 1 aliphatic rings. The molecule has 1 saturated heterocycles. The number of fused-ring (bicyclic) bond motifs is 2. The number of piperidine rings is 1. The molecule has 0 radical (unpaired) electrons. The molecule has 17 heteroatoms. The van der Waals surface area contributed by atoms with Crippen molar-refractivity contribution in [3.8, 4) is 22.9 Å². The van der Waals surface area contributed by atoms with E-state index in [0.29, 0.717) is 25.7 Å². The van der Waals surface area contributed by atoms with Gasteiger partial charge in [0.25, 0.3) is 5.69 Å². The lowest BCUT2D eigenvalue weighted by molar-refractivity contribution is -0.384. The normalized spacial score (nSPS) is 17.0. The highest BCUT2D eigenvalue weighted by molar-refractivity contribution is 6.74. The van der Waals surface area contributed by atoms with E-state index in [1.807, 2.05) is 6.92 Å². The van der Waals surface area contributed by atoms with Gasteiger partial charge in [-0.3, -0.25) is 10.1 Å². The van der Waals surface area contributed by atoms with Crippen LogP contribution in [0, 0.1) is 21.7 Å². The second-order valence-corrected chi connectivity index (χ2v) is 19.6. The van der Waals surface area contributed by atoms with Gasteiger partial charge in [0, 0.05) is 43.8 Å². The van der Waals surface area contributed by atoms with E-state index in [2.05, 4.69) is 43.8 Å². The summed E-state index contributed by atoms with van der Waals surface area (Å²) in [6, 6.07) is 5.39. The Morgan fingerprint density at radius 3 is 2.43 bits per heavy atom. The fraction of sp³-hybridized carbons (Fsp3) is 0.472. The first-order valence-electron chi connectivity index (χ1n) is 16.8. The number of nitro groups is 1. The van der Waals surface area contributed by atoms with Crippen LogP contribution in [0.15, 0.2) is 30.3 Å². The third-order valence-corrected chi connectivity index (χ3v) is 14.4. The highest BCUT2D eigenvalue weighted by Gasteiger charge is 2.45. The predicted molar refractivity (Wildman–Crippen MR) is 191 cm³/mol. The number of halogens is 5. The largest absolute Gasteiger partial charge is 0.468 e. The lowest BCUT2D eigenvalue weighted by atomic mass is 9.90. The van der Waals surface area contributed by atoms with Gasteiger partial charge in [-0.05, 0) is 66.9 Å². The third-order valence-electron chi connectivity index (χ3n) is 9.74. The van der Waals surface area contributed by atoms with Crippen LogP contribution >= 0.6 is 0 Å². The Morgan fingerprint density at radius 2 is 1.81 bits per heavy atom. The van der Waals surface area contributed by atoms with Crippen molar-refractivity contribution < 1.29 is 50.3 Å². The Morgan fingerprint density at radius 1 is 1.09 bits per heavy atom. The summed E-state index contributed by atoms with van der Waals surface area (Å²) in [7, 11) is -0.992. The van der Waals surface area contributed by atoms with Crippen LogP contribution in [0.3, 0.4) is 0 Å². The van der Waals surface area contributed by atoms with Crippen molar-refractivity contribution in [2.24, 2.45) is 0 Å². The number of benzene rings is 3. The molecule has 0 spiro atoms. The standard InChI is InChI=1S/C36H41F5N4O7Si/c1-34(2,3)53(6,7)52-35(4)12-8-13-44(18-35)32-25-17-27(45(47)48)29(30(38)31(25)42-33(43-32)50-19-36(39,40)41)24-16-22(51-20-49-5)15-21-9-10-26(37)23(11-14-46)28(21)24/h9-10,14-17H,8,11-13,18-20H2,1-7H3/t35-/m1/s1. The lowest BCUT2D eigenvalue weighted by Gasteiger charge is -2.48. The molecule has 2 heterocycles. The van der Waals surface area contributed by atoms with Gasteiger partial charge in [0.15, 0.2) is 27.5 Å². The maximum Gasteiger partial charge on any atom is 0.422 e. The van der Waals surface area contributed by atoms with Crippen LogP contribution in [-0.4, -0.2) is 74.9 Å². The topological polar surface area (TPSA) is 126 Å². The molecular formula is C36H41F5N4O7Si. The molecular weight excluding hydrogens is 723 g/mol. The van der Waals surface area contributed by atoms with Gasteiger partial charge in [0.1, 0.15) is 29.2 Å². The molecule has 0 bridgehead atoms. The monoisotopic (exact) mass is 764 g/mol. The van der Waals surface area contributed by atoms with Crippen LogP contribution < -0.4 is 14.4 Å². The number of aldehydes is 1. The summed E-state index contributed by atoms with van der Waals surface area (Å²) in [4.78, 5) is 33.6. The SMILES string of the molecule is COCOc1cc(-c2c([N+](=O)[O-])cc3c(N4CCC[C@@](C)(O[Si](C)(C)C(C)(C)C)C4)nc(OCC(F)(F)F)nc3c2F)c2c(CC=O)c(F)ccc2c1. The van der Waals surface area contributed by atoms with Gasteiger partial charge < -0.3 is 28.3 Å². The Labute approximate surface area is 303 Å². The first kappa shape index (κ1) is 39.7. The summed E-state index contributed by atoms with van der Waals surface area (Å²) in [6.07, 6.45) is -3.61. The highest BCUT2D eigenvalue weighted by atomic mass is 28.4. The molecule has 1 atom stereocenters. The van der Waals surface area contributed by atoms with E-state index >= 15 is 8.78 Å². The maximum absolute atomic E-state index is 17.3. The number of carbonyl (C=O) groups excluding carboxylic acids is 1. The van der Waals surface area contributed by atoms with Crippen molar-refractivity contribution in [2.45, 2.75) is 76.9 Å². The van der Waals surface area contributed by atoms with E-state index in [9.17, 15) is 28.1 Å². The van der Waals surface area contributed by atoms with Crippen LogP contribution in [0.1, 0.15) is 46.1 Å². The number of methoxy groups -OCH3 is 1. The summed E-state index contributed by atoms with van der Waals surface area (Å²) in [5, 5.41) is 12.8. The maximum atomic E-state index is 17.3. The van der Waals surface area contributed by atoms with Crippen LogP contribution in [0.5, 0.6) is 11.8 Å². The Kier molecular flexibility index (Phi) is 11.0. The lowest BCUT2D eigenvalue weighted by Crippen LogP contribution is -2.55. The van der Waals surface area contributed by atoms with Gasteiger partial charge in [0.05, 0.1) is 21.5 Å². The summed E-state index contributed by atoms with van der Waals surface area (Å²) < 4.78 is 94.9. The fourth-order valence-electron chi connectivity index (χ4n) is 6.45. The van der Waals surface area contributed by atoms with Crippen LogP contribution in [0.25, 0.3) is 32.8 Å². The molecule has 0 amide bonds. The molecule has 0 N–H and O–H groups in total. The van der Waals surface area contributed by atoms with Gasteiger partial charge in [0.2, 0.25) is 0 Å². The van der Waals surface area contributed by atoms with Crippen LogP contribution in [0.2, 0.25) is 18.1 Å². The third kappa shape index (κ3) is 8.36. The minimum absolute atomic E-state index is 0.0133. The number of nitro benzene ring substituents is 1. The molecule has 1 aliphatic heterocycles.